The maximum Gasteiger partial charge on any atom is 0.261 e. The van der Waals surface area contributed by atoms with E-state index < -0.39 is 12.2 Å². The lowest BCUT2D eigenvalue weighted by Crippen LogP contribution is -2.35. The number of rotatable bonds is 16. The summed E-state index contributed by atoms with van der Waals surface area (Å²) in [4.78, 5) is 30.0. The average molecular weight is 784 g/mol. The first kappa shape index (κ1) is 38.6. The molecule has 0 aliphatic rings. The second-order valence-electron chi connectivity index (χ2n) is 11.6. The Morgan fingerprint density at radius 1 is 0.596 bits per heavy atom. The molecule has 0 aliphatic heterocycles. The van der Waals surface area contributed by atoms with Crippen molar-refractivity contribution in [3.63, 3.8) is 0 Å². The summed E-state index contributed by atoms with van der Waals surface area (Å²) in [6.45, 7) is 4.32. The first-order valence-corrected chi connectivity index (χ1v) is 17.7. The third-order valence-corrected chi connectivity index (χ3v) is 8.56. The smallest absolute Gasteiger partial charge is 0.261 e. The zero-order valence-electron chi connectivity index (χ0n) is 28.2. The molecule has 0 radical (unpaired) electrons. The van der Waals surface area contributed by atoms with E-state index in [1.54, 1.807) is 50.2 Å². The average Bonchev–Trinajstić information content (AvgIpc) is 3.14. The fourth-order valence-electron chi connectivity index (χ4n) is 4.79. The molecule has 2 N–H and O–H groups in total. The van der Waals surface area contributed by atoms with E-state index in [2.05, 4.69) is 15.6 Å². The van der Waals surface area contributed by atoms with Crippen LogP contribution in [0.1, 0.15) is 36.4 Å². The lowest BCUT2D eigenvalue weighted by Gasteiger charge is -2.16. The van der Waals surface area contributed by atoms with E-state index in [0.717, 1.165) is 22.5 Å². The van der Waals surface area contributed by atoms with Crippen LogP contribution in [0, 0.1) is 0 Å². The van der Waals surface area contributed by atoms with E-state index in [9.17, 15) is 9.59 Å². The first-order chi connectivity index (χ1) is 25.0. The molecule has 1 aromatic heterocycles. The minimum Gasteiger partial charge on any atom is -0.487 e. The summed E-state index contributed by atoms with van der Waals surface area (Å²) < 4.78 is 23.4. The summed E-state index contributed by atoms with van der Waals surface area (Å²) >= 11 is 24.2. The van der Waals surface area contributed by atoms with Gasteiger partial charge < -0.3 is 29.6 Å². The van der Waals surface area contributed by atoms with Crippen LogP contribution in [0.4, 0.5) is 0 Å². The largest absolute Gasteiger partial charge is 0.487 e. The molecule has 0 saturated heterocycles. The van der Waals surface area contributed by atoms with Crippen LogP contribution in [-0.4, -0.2) is 29.0 Å². The van der Waals surface area contributed by atoms with Crippen LogP contribution in [0.25, 0.3) is 0 Å². The lowest BCUT2D eigenvalue weighted by atomic mass is 10.2. The number of carbonyl (C=O) groups is 2. The molecule has 4 aromatic carbocycles. The van der Waals surface area contributed by atoms with Crippen LogP contribution in [0.2, 0.25) is 20.1 Å². The third-order valence-electron chi connectivity index (χ3n) is 7.50. The Bertz CT molecular complexity index is 1880. The number of benzene rings is 4. The molecule has 9 nitrogen and oxygen atoms in total. The zero-order valence-corrected chi connectivity index (χ0v) is 31.2. The van der Waals surface area contributed by atoms with Crippen molar-refractivity contribution < 1.29 is 28.5 Å². The van der Waals surface area contributed by atoms with E-state index >= 15 is 0 Å². The van der Waals surface area contributed by atoms with Crippen molar-refractivity contribution in [1.82, 2.24) is 15.6 Å². The highest BCUT2D eigenvalue weighted by atomic mass is 35.5. The van der Waals surface area contributed by atoms with Gasteiger partial charge in [0.25, 0.3) is 11.8 Å². The van der Waals surface area contributed by atoms with E-state index in [1.807, 2.05) is 66.7 Å². The van der Waals surface area contributed by atoms with Gasteiger partial charge in [0.2, 0.25) is 0 Å². The maximum absolute atomic E-state index is 12.7. The topological polar surface area (TPSA) is 108 Å². The van der Waals surface area contributed by atoms with E-state index in [4.69, 9.17) is 65.4 Å². The number of halogens is 4. The molecule has 2 unspecified atom stereocenters. The van der Waals surface area contributed by atoms with Gasteiger partial charge in [0.1, 0.15) is 36.2 Å². The molecule has 52 heavy (non-hydrogen) atoms. The quantitative estimate of drug-likeness (QED) is 0.103. The highest BCUT2D eigenvalue weighted by molar-refractivity contribution is 6.36. The summed E-state index contributed by atoms with van der Waals surface area (Å²) in [6, 6.07) is 30.2. The van der Waals surface area contributed by atoms with Crippen LogP contribution in [0.5, 0.6) is 23.0 Å². The van der Waals surface area contributed by atoms with Gasteiger partial charge in [-0.25, -0.2) is 0 Å². The summed E-state index contributed by atoms with van der Waals surface area (Å²) in [5, 5.41) is 7.36. The van der Waals surface area contributed by atoms with Gasteiger partial charge in [-0.3, -0.25) is 14.6 Å². The normalized spacial score (nSPS) is 12.0. The molecular weight excluding hydrogens is 748 g/mol. The van der Waals surface area contributed by atoms with E-state index in [1.165, 1.54) is 0 Å². The highest BCUT2D eigenvalue weighted by Gasteiger charge is 2.17. The van der Waals surface area contributed by atoms with Crippen LogP contribution in [-0.2, 0) is 35.9 Å². The number of pyridine rings is 1. The molecule has 13 heteroatoms. The van der Waals surface area contributed by atoms with Crippen LogP contribution >= 0.6 is 46.4 Å². The standard InChI is InChI=1S/C39H35Cl4N3O6/c1-24(51-36-14-12-28(40)18-34(36)42)38(47)44-20-26-6-3-10-32(16-26)49-22-30-8-5-9-31(46-30)23-50-33-11-4-7-27(17-33)21-45-39(48)25(2)52-37-15-13-29(41)19-35(37)43/h3-19,24-25H,20-23H2,1-2H3,(H,44,47)(H,45,48). The lowest BCUT2D eigenvalue weighted by molar-refractivity contribution is -0.128. The second-order valence-corrected chi connectivity index (χ2v) is 13.3. The van der Waals surface area contributed by atoms with E-state index in [-0.39, 0.29) is 38.1 Å². The Labute approximate surface area is 322 Å². The number of nitrogens with zero attached hydrogens (tertiary/aromatic N) is 1. The van der Waals surface area contributed by atoms with Crippen molar-refractivity contribution in [3.05, 3.63) is 146 Å². The predicted octanol–water partition coefficient (Wildman–Crippen LogP) is 9.02. The Kier molecular flexibility index (Phi) is 13.9. The number of amides is 2. The van der Waals surface area contributed by atoms with Crippen molar-refractivity contribution >= 4 is 58.2 Å². The summed E-state index contributed by atoms with van der Waals surface area (Å²) in [5.74, 6) is 1.42. The van der Waals surface area contributed by atoms with Crippen molar-refractivity contribution in [3.8, 4) is 23.0 Å². The van der Waals surface area contributed by atoms with Crippen molar-refractivity contribution in [2.75, 3.05) is 0 Å². The highest BCUT2D eigenvalue weighted by Crippen LogP contribution is 2.29. The maximum atomic E-state index is 12.7. The summed E-state index contributed by atoms with van der Waals surface area (Å²) in [5.41, 5.74) is 3.15. The molecule has 5 rings (SSSR count). The van der Waals surface area contributed by atoms with Crippen LogP contribution in [0.3, 0.4) is 0 Å². The number of aromatic nitrogens is 1. The monoisotopic (exact) mass is 781 g/mol. The SMILES string of the molecule is CC(Oc1ccc(Cl)cc1Cl)C(=O)NCc1cccc(OCc2cccc(COc3cccc(CNC(=O)C(C)Oc4ccc(Cl)cc4Cl)c3)n2)c1. The van der Waals surface area contributed by atoms with Crippen molar-refractivity contribution in [1.29, 1.82) is 0 Å². The third kappa shape index (κ3) is 11.7. The van der Waals surface area contributed by atoms with Gasteiger partial charge >= 0.3 is 0 Å². The van der Waals surface area contributed by atoms with Gasteiger partial charge in [-0.05, 0) is 97.8 Å². The molecule has 0 aliphatic carbocycles. The molecule has 0 bridgehead atoms. The molecule has 5 aromatic rings. The Balaban J connectivity index is 1.06. The molecule has 0 fully saturated rings. The fraction of sp³-hybridized carbons (Fsp3) is 0.205. The Hall–Kier alpha value is -4.67. The van der Waals surface area contributed by atoms with Gasteiger partial charge in [-0.15, -0.1) is 0 Å². The molecular formula is C39H35Cl4N3O6. The molecule has 2 atom stereocenters. The van der Waals surface area contributed by atoms with Crippen molar-refractivity contribution in [2.24, 2.45) is 0 Å². The minimum absolute atomic E-state index is 0.234. The molecule has 2 amide bonds. The van der Waals surface area contributed by atoms with Crippen LogP contribution in [0.15, 0.2) is 103 Å². The number of hydrogen-bond acceptors (Lipinski definition) is 7. The zero-order chi connectivity index (χ0) is 37.0. The fourth-order valence-corrected chi connectivity index (χ4v) is 5.70. The van der Waals surface area contributed by atoms with E-state index in [0.29, 0.717) is 43.1 Å². The van der Waals surface area contributed by atoms with Crippen LogP contribution < -0.4 is 29.6 Å². The number of carbonyl (C=O) groups excluding carboxylic acids is 2. The van der Waals surface area contributed by atoms with Gasteiger partial charge in [-0.1, -0.05) is 76.7 Å². The molecule has 0 saturated carbocycles. The molecule has 1 heterocycles. The Morgan fingerprint density at radius 2 is 1.02 bits per heavy atom. The van der Waals surface area contributed by atoms with Gasteiger partial charge in [0.15, 0.2) is 12.2 Å². The molecule has 0 spiro atoms. The second kappa shape index (κ2) is 18.7. The first-order valence-electron chi connectivity index (χ1n) is 16.2. The van der Waals surface area contributed by atoms with Crippen molar-refractivity contribution in [2.45, 2.75) is 52.4 Å². The van der Waals surface area contributed by atoms with Gasteiger partial charge in [0.05, 0.1) is 21.4 Å². The number of nitrogens with one attached hydrogen (secondary N) is 2. The summed E-state index contributed by atoms with van der Waals surface area (Å²) in [7, 11) is 0. The minimum atomic E-state index is -0.769. The van der Waals surface area contributed by atoms with Gasteiger partial charge in [0, 0.05) is 23.1 Å². The van der Waals surface area contributed by atoms with Gasteiger partial charge in [-0.2, -0.15) is 0 Å². The predicted molar refractivity (Wildman–Crippen MR) is 203 cm³/mol. The molecule has 270 valence electrons. The Morgan fingerprint density at radius 3 is 1.44 bits per heavy atom. The summed E-state index contributed by atoms with van der Waals surface area (Å²) in [6.07, 6.45) is -1.54. The number of ether oxygens (including phenoxy) is 4. The number of hydrogen-bond donors (Lipinski definition) is 2.